The Morgan fingerprint density at radius 3 is 2.32 bits per heavy atom. The largest absolute Gasteiger partial charge is 0.479 e. The van der Waals surface area contributed by atoms with E-state index >= 15 is 0 Å². The van der Waals surface area contributed by atoms with Crippen molar-refractivity contribution in [2.45, 2.75) is 12.2 Å². The van der Waals surface area contributed by atoms with Gasteiger partial charge in [0, 0.05) is 0 Å². The summed E-state index contributed by atoms with van der Waals surface area (Å²) in [4.78, 5) is 21.2. The zero-order valence-corrected chi connectivity index (χ0v) is 9.97. The first-order chi connectivity index (χ1) is 9.02. The van der Waals surface area contributed by atoms with E-state index in [1.807, 2.05) is 30.3 Å². The van der Waals surface area contributed by atoms with Gasteiger partial charge in [-0.3, -0.25) is 0 Å². The van der Waals surface area contributed by atoms with Crippen molar-refractivity contribution in [2.75, 3.05) is 6.61 Å². The van der Waals surface area contributed by atoms with Crippen LogP contribution in [0.5, 0.6) is 0 Å². The number of carboxylic acids is 2. The number of ether oxygens (including phenoxy) is 1. The highest BCUT2D eigenvalue weighted by molar-refractivity contribution is 5.83. The zero-order valence-electron chi connectivity index (χ0n) is 9.97. The lowest BCUT2D eigenvalue weighted by Gasteiger charge is -2.15. The Morgan fingerprint density at radius 2 is 1.79 bits per heavy atom. The van der Waals surface area contributed by atoms with E-state index < -0.39 is 24.1 Å². The number of benzene rings is 1. The highest BCUT2D eigenvalue weighted by Crippen LogP contribution is 2.04. The number of rotatable bonds is 7. The predicted molar refractivity (Wildman–Crippen MR) is 66.5 cm³/mol. The summed E-state index contributed by atoms with van der Waals surface area (Å²) in [5.41, 5.74) is 0.900. The summed E-state index contributed by atoms with van der Waals surface area (Å²) in [6.07, 6.45) is -0.646. The molecule has 6 heteroatoms. The second kappa shape index (κ2) is 7.30. The second-order valence-corrected chi connectivity index (χ2v) is 3.69. The van der Waals surface area contributed by atoms with Crippen molar-refractivity contribution in [3.63, 3.8) is 0 Å². The van der Waals surface area contributed by atoms with Crippen molar-refractivity contribution >= 4 is 18.0 Å². The Hall–Kier alpha value is -2.18. The topological polar surface area (TPSA) is 104 Å². The summed E-state index contributed by atoms with van der Waals surface area (Å²) in [7, 11) is 0. The third kappa shape index (κ3) is 4.90. The van der Waals surface area contributed by atoms with E-state index in [0.29, 0.717) is 0 Å². The van der Waals surface area contributed by atoms with Crippen LogP contribution in [-0.4, -0.2) is 46.1 Å². The molecular formula is C13H14O6. The first-order valence-electron chi connectivity index (χ1n) is 5.49. The lowest BCUT2D eigenvalue weighted by atomic mass is 10.2. The van der Waals surface area contributed by atoms with Gasteiger partial charge in [0.1, 0.15) is 0 Å². The molecule has 6 nitrogen and oxygen atoms in total. The highest BCUT2D eigenvalue weighted by atomic mass is 16.5. The minimum Gasteiger partial charge on any atom is -0.479 e. The van der Waals surface area contributed by atoms with E-state index in [1.54, 1.807) is 12.2 Å². The Balaban J connectivity index is 2.52. The summed E-state index contributed by atoms with van der Waals surface area (Å²) in [6.45, 7) is -0.115. The molecule has 0 heterocycles. The van der Waals surface area contributed by atoms with Gasteiger partial charge in [-0.15, -0.1) is 0 Å². The first kappa shape index (κ1) is 14.9. The van der Waals surface area contributed by atoms with Crippen LogP contribution in [0, 0.1) is 0 Å². The number of hydrogen-bond acceptors (Lipinski definition) is 4. The smallest absolute Gasteiger partial charge is 0.336 e. The van der Waals surface area contributed by atoms with Crippen molar-refractivity contribution in [3.8, 4) is 0 Å². The van der Waals surface area contributed by atoms with Crippen molar-refractivity contribution in [2.24, 2.45) is 0 Å². The zero-order chi connectivity index (χ0) is 14.3. The second-order valence-electron chi connectivity index (χ2n) is 3.69. The minimum atomic E-state index is -2.09. The summed E-state index contributed by atoms with van der Waals surface area (Å²) in [6, 6.07) is 9.23. The van der Waals surface area contributed by atoms with E-state index in [9.17, 15) is 9.59 Å². The Kier molecular flexibility index (Phi) is 5.72. The van der Waals surface area contributed by atoms with Crippen LogP contribution < -0.4 is 0 Å². The summed E-state index contributed by atoms with van der Waals surface area (Å²) >= 11 is 0. The van der Waals surface area contributed by atoms with Crippen molar-refractivity contribution in [3.05, 3.63) is 42.0 Å². The average molecular weight is 266 g/mol. The highest BCUT2D eigenvalue weighted by Gasteiger charge is 2.32. The molecule has 0 aromatic heterocycles. The molecule has 0 radical (unpaired) electrons. The van der Waals surface area contributed by atoms with Gasteiger partial charge in [-0.25, -0.2) is 9.59 Å². The molecular weight excluding hydrogens is 252 g/mol. The monoisotopic (exact) mass is 266 g/mol. The molecule has 2 atom stereocenters. The Labute approximate surface area is 109 Å². The molecule has 19 heavy (non-hydrogen) atoms. The standard InChI is InChI=1S/C13H14O6/c14-10(12(15)16)11(13(17)18)19-8-4-7-9-5-2-1-3-6-9/h1-7,10-11,14H,8H2,(H,15,16)(H,17,18)/b7-4+. The van der Waals surface area contributed by atoms with Crippen LogP contribution in [-0.2, 0) is 14.3 Å². The minimum absolute atomic E-state index is 0.115. The number of carboxylic acid groups (broad SMARTS) is 2. The molecule has 0 bridgehead atoms. The van der Waals surface area contributed by atoms with Gasteiger partial charge < -0.3 is 20.1 Å². The van der Waals surface area contributed by atoms with Crippen LogP contribution in [0.15, 0.2) is 36.4 Å². The number of aliphatic hydroxyl groups is 1. The maximum atomic E-state index is 10.7. The lowest BCUT2D eigenvalue weighted by molar-refractivity contribution is -0.169. The number of carbonyl (C=O) groups is 2. The maximum Gasteiger partial charge on any atom is 0.336 e. The quantitative estimate of drug-likeness (QED) is 0.668. The van der Waals surface area contributed by atoms with Gasteiger partial charge in [-0.2, -0.15) is 0 Å². The molecule has 0 aliphatic heterocycles. The van der Waals surface area contributed by atoms with Gasteiger partial charge in [-0.1, -0.05) is 42.5 Å². The fourth-order valence-electron chi connectivity index (χ4n) is 1.33. The number of aliphatic hydroxyl groups excluding tert-OH is 1. The number of aliphatic carboxylic acids is 2. The Bertz CT molecular complexity index is 453. The molecule has 0 amide bonds. The average Bonchev–Trinajstić information content (AvgIpc) is 2.38. The van der Waals surface area contributed by atoms with E-state index in [0.717, 1.165) is 5.56 Å². The van der Waals surface area contributed by atoms with Gasteiger partial charge in [0.05, 0.1) is 6.61 Å². The molecule has 0 aliphatic rings. The van der Waals surface area contributed by atoms with Crippen LogP contribution >= 0.6 is 0 Å². The fourth-order valence-corrected chi connectivity index (χ4v) is 1.33. The van der Waals surface area contributed by atoms with Crippen molar-refractivity contribution in [1.82, 2.24) is 0 Å². The van der Waals surface area contributed by atoms with E-state index in [-0.39, 0.29) is 6.61 Å². The maximum absolute atomic E-state index is 10.7. The molecule has 0 saturated carbocycles. The molecule has 2 unspecified atom stereocenters. The van der Waals surface area contributed by atoms with Crippen LogP contribution in [0.25, 0.3) is 6.08 Å². The van der Waals surface area contributed by atoms with Gasteiger partial charge in [-0.05, 0) is 5.56 Å². The predicted octanol–water partition coefficient (Wildman–Crippen LogP) is 0.615. The van der Waals surface area contributed by atoms with Crippen LogP contribution in [0.4, 0.5) is 0 Å². The fraction of sp³-hybridized carbons (Fsp3) is 0.231. The van der Waals surface area contributed by atoms with E-state index in [2.05, 4.69) is 0 Å². The molecule has 1 aromatic carbocycles. The van der Waals surface area contributed by atoms with E-state index in [1.165, 1.54) is 0 Å². The van der Waals surface area contributed by atoms with Gasteiger partial charge in [0.25, 0.3) is 0 Å². The van der Waals surface area contributed by atoms with Gasteiger partial charge in [0.2, 0.25) is 0 Å². The Morgan fingerprint density at radius 1 is 1.16 bits per heavy atom. The molecule has 0 saturated heterocycles. The molecule has 3 N–H and O–H groups in total. The van der Waals surface area contributed by atoms with Crippen molar-refractivity contribution in [1.29, 1.82) is 0 Å². The molecule has 1 aromatic rings. The summed E-state index contributed by atoms with van der Waals surface area (Å²) in [5, 5.41) is 26.4. The lowest BCUT2D eigenvalue weighted by Crippen LogP contribution is -2.41. The van der Waals surface area contributed by atoms with Crippen LogP contribution in [0.2, 0.25) is 0 Å². The van der Waals surface area contributed by atoms with Gasteiger partial charge >= 0.3 is 11.9 Å². The molecule has 0 aliphatic carbocycles. The van der Waals surface area contributed by atoms with Gasteiger partial charge in [0.15, 0.2) is 12.2 Å². The first-order valence-corrected chi connectivity index (χ1v) is 5.49. The molecule has 0 fully saturated rings. The normalized spacial score (nSPS) is 14.2. The van der Waals surface area contributed by atoms with Crippen LogP contribution in [0.1, 0.15) is 5.56 Å². The van der Waals surface area contributed by atoms with E-state index in [4.69, 9.17) is 20.1 Å². The SMILES string of the molecule is O=C(O)C(O)C(OC/C=C/c1ccccc1)C(=O)O. The summed E-state index contributed by atoms with van der Waals surface area (Å²) in [5.74, 6) is -3.16. The molecule has 102 valence electrons. The summed E-state index contributed by atoms with van der Waals surface area (Å²) < 4.78 is 4.83. The van der Waals surface area contributed by atoms with Crippen LogP contribution in [0.3, 0.4) is 0 Å². The third-order valence-electron chi connectivity index (χ3n) is 2.27. The van der Waals surface area contributed by atoms with Crippen molar-refractivity contribution < 1.29 is 29.6 Å². The number of hydrogen-bond donors (Lipinski definition) is 3. The molecule has 0 spiro atoms. The third-order valence-corrected chi connectivity index (χ3v) is 2.27. The molecule has 1 rings (SSSR count).